The molecule has 1 atom stereocenters. The Morgan fingerprint density at radius 2 is 2.19 bits per heavy atom. The molecule has 0 aliphatic heterocycles. The Kier molecular flexibility index (Phi) is 4.10. The lowest BCUT2D eigenvalue weighted by Crippen LogP contribution is -2.25. The molecule has 5 heteroatoms. The van der Waals surface area contributed by atoms with Crippen LogP contribution in [0.15, 0.2) is 18.3 Å². The minimum absolute atomic E-state index is 0.0682. The zero-order valence-electron chi connectivity index (χ0n) is 9.07. The topological polar surface area (TPSA) is 56.3 Å². The smallest absolute Gasteiger partial charge is 0.316 e. The normalized spacial score (nSPS) is 11.9. The predicted octanol–water partition coefficient (Wildman–Crippen LogP) is 1.60. The largest absolute Gasteiger partial charge is 0.468 e. The van der Waals surface area contributed by atoms with Gasteiger partial charge in [0.1, 0.15) is 17.4 Å². The van der Waals surface area contributed by atoms with Crippen LogP contribution in [0, 0.1) is 11.7 Å². The summed E-state index contributed by atoms with van der Waals surface area (Å²) in [5, 5.41) is 0. The Balaban J connectivity index is 2.91. The molecule has 1 heterocycles. The van der Waals surface area contributed by atoms with E-state index in [1.54, 1.807) is 6.92 Å². The summed E-state index contributed by atoms with van der Waals surface area (Å²) in [5.74, 6) is -2.45. The van der Waals surface area contributed by atoms with Gasteiger partial charge in [0, 0.05) is 0 Å². The summed E-state index contributed by atoms with van der Waals surface area (Å²) >= 11 is 0. The summed E-state index contributed by atoms with van der Waals surface area (Å²) < 4.78 is 17.1. The highest BCUT2D eigenvalue weighted by Gasteiger charge is 2.27. The number of rotatable bonds is 4. The minimum Gasteiger partial charge on any atom is -0.468 e. The number of halogens is 1. The fourth-order valence-corrected chi connectivity index (χ4v) is 1.30. The van der Waals surface area contributed by atoms with Gasteiger partial charge in [-0.1, -0.05) is 6.92 Å². The molecular weight excluding hydrogens is 213 g/mol. The summed E-state index contributed by atoms with van der Waals surface area (Å²) in [6, 6.07) is 2.38. The summed E-state index contributed by atoms with van der Waals surface area (Å²) in [6.45, 7) is 1.70. The molecule has 0 N–H and O–H groups in total. The van der Waals surface area contributed by atoms with Crippen molar-refractivity contribution in [2.24, 2.45) is 5.92 Å². The first kappa shape index (κ1) is 12.3. The number of methoxy groups -OCH3 is 1. The molecule has 0 aliphatic rings. The summed E-state index contributed by atoms with van der Waals surface area (Å²) in [7, 11) is 1.22. The Hall–Kier alpha value is -1.78. The number of nitrogens with zero attached hydrogens (tertiary/aromatic N) is 1. The van der Waals surface area contributed by atoms with E-state index in [9.17, 15) is 14.0 Å². The van der Waals surface area contributed by atoms with Crippen molar-refractivity contribution in [3.05, 3.63) is 29.8 Å². The molecule has 0 radical (unpaired) electrons. The van der Waals surface area contributed by atoms with Gasteiger partial charge in [0.25, 0.3) is 0 Å². The molecule has 4 nitrogen and oxygen atoms in total. The molecule has 0 spiro atoms. The Morgan fingerprint density at radius 3 is 2.62 bits per heavy atom. The second-order valence-electron chi connectivity index (χ2n) is 3.21. The monoisotopic (exact) mass is 225 g/mol. The van der Waals surface area contributed by atoms with Crippen molar-refractivity contribution in [2.45, 2.75) is 13.3 Å². The molecule has 0 aliphatic carbocycles. The number of aromatic nitrogens is 1. The standard InChI is InChI=1S/C11H12FNO3/c1-3-8(11(15)16-2)10(14)9-5-4-7(12)6-13-9/h4-6,8H,3H2,1-2H3. The van der Waals surface area contributed by atoms with Gasteiger partial charge >= 0.3 is 5.97 Å². The first-order valence-electron chi connectivity index (χ1n) is 4.83. The zero-order chi connectivity index (χ0) is 12.1. The maximum atomic E-state index is 12.6. The van der Waals surface area contributed by atoms with Gasteiger partial charge in [-0.15, -0.1) is 0 Å². The van der Waals surface area contributed by atoms with E-state index < -0.39 is 23.5 Å². The van der Waals surface area contributed by atoms with Gasteiger partial charge in [0.2, 0.25) is 0 Å². The highest BCUT2D eigenvalue weighted by atomic mass is 19.1. The van der Waals surface area contributed by atoms with Crippen LogP contribution in [0.4, 0.5) is 4.39 Å². The summed E-state index contributed by atoms with van der Waals surface area (Å²) in [6.07, 6.45) is 1.27. The molecular formula is C11H12FNO3. The van der Waals surface area contributed by atoms with Crippen LogP contribution in [0.1, 0.15) is 23.8 Å². The van der Waals surface area contributed by atoms with Crippen molar-refractivity contribution >= 4 is 11.8 Å². The third kappa shape index (κ3) is 2.62. The van der Waals surface area contributed by atoms with Gasteiger partial charge in [-0.05, 0) is 18.6 Å². The van der Waals surface area contributed by atoms with Gasteiger partial charge in [-0.25, -0.2) is 4.39 Å². The zero-order valence-corrected chi connectivity index (χ0v) is 9.07. The fraction of sp³-hybridized carbons (Fsp3) is 0.364. The van der Waals surface area contributed by atoms with Crippen molar-refractivity contribution in [2.75, 3.05) is 7.11 Å². The molecule has 86 valence electrons. The van der Waals surface area contributed by atoms with E-state index in [2.05, 4.69) is 9.72 Å². The van der Waals surface area contributed by atoms with Gasteiger partial charge < -0.3 is 4.74 Å². The molecule has 1 aromatic heterocycles. The number of ether oxygens (including phenoxy) is 1. The maximum Gasteiger partial charge on any atom is 0.316 e. The fourth-order valence-electron chi connectivity index (χ4n) is 1.30. The Morgan fingerprint density at radius 1 is 1.50 bits per heavy atom. The molecule has 1 aromatic rings. The van der Waals surface area contributed by atoms with Crippen LogP contribution in [-0.2, 0) is 9.53 Å². The van der Waals surface area contributed by atoms with Crippen molar-refractivity contribution in [1.29, 1.82) is 0 Å². The first-order chi connectivity index (χ1) is 7.60. The van der Waals surface area contributed by atoms with Gasteiger partial charge in [0.15, 0.2) is 5.78 Å². The van der Waals surface area contributed by atoms with E-state index in [0.717, 1.165) is 12.3 Å². The van der Waals surface area contributed by atoms with Crippen LogP contribution >= 0.6 is 0 Å². The van der Waals surface area contributed by atoms with E-state index in [1.807, 2.05) is 0 Å². The van der Waals surface area contributed by atoms with Crippen molar-refractivity contribution in [3.63, 3.8) is 0 Å². The van der Waals surface area contributed by atoms with E-state index in [4.69, 9.17) is 0 Å². The van der Waals surface area contributed by atoms with Crippen LogP contribution in [-0.4, -0.2) is 23.8 Å². The summed E-state index contributed by atoms with van der Waals surface area (Å²) in [5.41, 5.74) is 0.0682. The molecule has 16 heavy (non-hydrogen) atoms. The number of carbonyl (C=O) groups excluding carboxylic acids is 2. The summed E-state index contributed by atoms with van der Waals surface area (Å²) in [4.78, 5) is 26.7. The van der Waals surface area contributed by atoms with Gasteiger partial charge in [-0.2, -0.15) is 0 Å². The average molecular weight is 225 g/mol. The Bertz CT molecular complexity index is 389. The molecule has 1 rings (SSSR count). The average Bonchev–Trinajstić information content (AvgIpc) is 2.30. The van der Waals surface area contributed by atoms with Crippen molar-refractivity contribution in [3.8, 4) is 0 Å². The highest BCUT2D eigenvalue weighted by molar-refractivity contribution is 6.07. The number of hydrogen-bond donors (Lipinski definition) is 0. The number of Topliss-reactive ketones (excluding diaryl/α,β-unsaturated/α-hetero) is 1. The number of carbonyl (C=O) groups is 2. The maximum absolute atomic E-state index is 12.6. The molecule has 0 bridgehead atoms. The molecule has 0 saturated heterocycles. The third-order valence-electron chi connectivity index (χ3n) is 2.19. The second-order valence-corrected chi connectivity index (χ2v) is 3.21. The number of pyridine rings is 1. The van der Waals surface area contributed by atoms with Crippen LogP contribution in [0.2, 0.25) is 0 Å². The SMILES string of the molecule is CCC(C(=O)OC)C(=O)c1ccc(F)cn1. The molecule has 1 unspecified atom stereocenters. The Labute approximate surface area is 92.4 Å². The number of hydrogen-bond acceptors (Lipinski definition) is 4. The van der Waals surface area contributed by atoms with Gasteiger partial charge in [0.05, 0.1) is 13.3 Å². The highest BCUT2D eigenvalue weighted by Crippen LogP contribution is 2.12. The van der Waals surface area contributed by atoms with Crippen LogP contribution in [0.3, 0.4) is 0 Å². The van der Waals surface area contributed by atoms with E-state index in [0.29, 0.717) is 6.42 Å². The quantitative estimate of drug-likeness (QED) is 0.443. The van der Waals surface area contributed by atoms with E-state index >= 15 is 0 Å². The van der Waals surface area contributed by atoms with Crippen LogP contribution < -0.4 is 0 Å². The van der Waals surface area contributed by atoms with E-state index in [1.165, 1.54) is 13.2 Å². The minimum atomic E-state index is -0.872. The molecule has 0 amide bonds. The van der Waals surface area contributed by atoms with Crippen LogP contribution in [0.25, 0.3) is 0 Å². The number of esters is 1. The predicted molar refractivity (Wildman–Crippen MR) is 54.3 cm³/mol. The first-order valence-corrected chi connectivity index (χ1v) is 4.83. The number of ketones is 1. The molecule has 0 saturated carbocycles. The lowest BCUT2D eigenvalue weighted by atomic mass is 9.98. The second kappa shape index (κ2) is 5.34. The lowest BCUT2D eigenvalue weighted by molar-refractivity contribution is -0.143. The van der Waals surface area contributed by atoms with Crippen molar-refractivity contribution < 1.29 is 18.7 Å². The molecule has 0 aromatic carbocycles. The molecule has 0 fully saturated rings. The van der Waals surface area contributed by atoms with Gasteiger partial charge in [-0.3, -0.25) is 14.6 Å². The van der Waals surface area contributed by atoms with Crippen LogP contribution in [0.5, 0.6) is 0 Å². The van der Waals surface area contributed by atoms with E-state index in [-0.39, 0.29) is 5.69 Å². The lowest BCUT2D eigenvalue weighted by Gasteiger charge is -2.10. The third-order valence-corrected chi connectivity index (χ3v) is 2.19. The van der Waals surface area contributed by atoms with Crippen molar-refractivity contribution in [1.82, 2.24) is 4.98 Å².